The van der Waals surface area contributed by atoms with Crippen molar-refractivity contribution >= 4 is 28.5 Å². The number of anilines is 3. The van der Waals surface area contributed by atoms with E-state index in [0.717, 1.165) is 31.0 Å². The number of aryl methyl sites for hydroxylation is 1. The number of benzene rings is 1. The number of fused-ring (bicyclic) bond motifs is 1. The molecule has 1 aliphatic carbocycles. The molecule has 2 heterocycles. The molecule has 1 saturated carbocycles. The summed E-state index contributed by atoms with van der Waals surface area (Å²) in [5.41, 5.74) is 6.42. The second-order valence-corrected chi connectivity index (χ2v) is 6.37. The predicted octanol–water partition coefficient (Wildman–Crippen LogP) is 2.29. The maximum Gasteiger partial charge on any atom is 0.226 e. The van der Waals surface area contributed by atoms with E-state index >= 15 is 0 Å². The van der Waals surface area contributed by atoms with Gasteiger partial charge in [0.15, 0.2) is 5.65 Å². The van der Waals surface area contributed by atoms with E-state index in [4.69, 9.17) is 5.73 Å². The normalized spacial score (nSPS) is 15.4. The predicted molar refractivity (Wildman–Crippen MR) is 90.6 cm³/mol. The van der Waals surface area contributed by atoms with Gasteiger partial charge in [-0.05, 0) is 25.0 Å². The second kappa shape index (κ2) is 5.62. The van der Waals surface area contributed by atoms with Gasteiger partial charge in [-0.15, -0.1) is 0 Å². The van der Waals surface area contributed by atoms with Crippen LogP contribution in [-0.4, -0.2) is 31.8 Å². The van der Waals surface area contributed by atoms with Crippen LogP contribution in [-0.2, 0) is 7.05 Å². The van der Waals surface area contributed by atoms with Gasteiger partial charge in [0.1, 0.15) is 17.5 Å². The summed E-state index contributed by atoms with van der Waals surface area (Å²) in [6.45, 7) is 0.546. The van der Waals surface area contributed by atoms with Crippen molar-refractivity contribution in [2.75, 3.05) is 17.2 Å². The molecule has 0 aliphatic heterocycles. The van der Waals surface area contributed by atoms with Gasteiger partial charge in [-0.2, -0.15) is 15.1 Å². The standard InChI is InChI=1S/C16H17F2N7/c1-25-14-10(7-21-25)13(22-12-6-9(17)2-3-11(12)18)23-15(24-14)20-8-16(19)4-5-16/h2-3,6-7H,4-5,8,19H2,1H3,(H2,20,22,23,24). The van der Waals surface area contributed by atoms with Crippen molar-refractivity contribution < 1.29 is 8.78 Å². The third-order valence-electron chi connectivity index (χ3n) is 4.26. The number of halogens is 2. The van der Waals surface area contributed by atoms with E-state index in [1.165, 1.54) is 0 Å². The van der Waals surface area contributed by atoms with Crippen molar-refractivity contribution in [3.63, 3.8) is 0 Å². The molecule has 0 unspecified atom stereocenters. The number of rotatable bonds is 5. The number of nitrogens with zero attached hydrogens (tertiary/aromatic N) is 4. The van der Waals surface area contributed by atoms with Crippen LogP contribution in [0.25, 0.3) is 11.0 Å². The molecule has 0 saturated heterocycles. The van der Waals surface area contributed by atoms with Gasteiger partial charge in [-0.1, -0.05) is 0 Å². The van der Waals surface area contributed by atoms with Gasteiger partial charge in [-0.3, -0.25) is 4.68 Å². The number of aromatic nitrogens is 4. The maximum absolute atomic E-state index is 13.9. The van der Waals surface area contributed by atoms with Crippen molar-refractivity contribution in [1.29, 1.82) is 0 Å². The topological polar surface area (TPSA) is 93.7 Å². The molecule has 9 heteroatoms. The lowest BCUT2D eigenvalue weighted by Crippen LogP contribution is -2.31. The van der Waals surface area contributed by atoms with Crippen LogP contribution >= 0.6 is 0 Å². The number of hydrogen-bond acceptors (Lipinski definition) is 6. The fourth-order valence-electron chi connectivity index (χ4n) is 2.51. The highest BCUT2D eigenvalue weighted by Crippen LogP contribution is 2.32. The summed E-state index contributed by atoms with van der Waals surface area (Å²) in [5.74, 6) is -0.429. The largest absolute Gasteiger partial charge is 0.352 e. The molecule has 0 amide bonds. The number of nitrogens with two attached hydrogens (primary N) is 1. The molecule has 130 valence electrons. The number of hydrogen-bond donors (Lipinski definition) is 3. The van der Waals surface area contributed by atoms with Crippen LogP contribution in [0, 0.1) is 11.6 Å². The molecule has 7 nitrogen and oxygen atoms in total. The zero-order chi connectivity index (χ0) is 17.6. The first kappa shape index (κ1) is 15.7. The summed E-state index contributed by atoms with van der Waals surface area (Å²) >= 11 is 0. The van der Waals surface area contributed by atoms with Crippen LogP contribution in [0.4, 0.5) is 26.2 Å². The third kappa shape index (κ3) is 3.10. The molecule has 25 heavy (non-hydrogen) atoms. The van der Waals surface area contributed by atoms with E-state index in [0.29, 0.717) is 29.3 Å². The van der Waals surface area contributed by atoms with Crippen LogP contribution in [0.5, 0.6) is 0 Å². The summed E-state index contributed by atoms with van der Waals surface area (Å²) in [7, 11) is 1.75. The smallest absolute Gasteiger partial charge is 0.226 e. The number of nitrogens with one attached hydrogen (secondary N) is 2. The summed E-state index contributed by atoms with van der Waals surface area (Å²) in [5, 5.41) is 10.7. The maximum atomic E-state index is 13.9. The van der Waals surface area contributed by atoms with Crippen molar-refractivity contribution in [3.8, 4) is 0 Å². The minimum absolute atomic E-state index is 0.00714. The van der Waals surface area contributed by atoms with Crippen LogP contribution in [0.1, 0.15) is 12.8 Å². The fourth-order valence-corrected chi connectivity index (χ4v) is 2.51. The molecule has 0 bridgehead atoms. The molecule has 1 fully saturated rings. The Bertz CT molecular complexity index is 949. The SMILES string of the molecule is Cn1ncc2c(Nc3cc(F)ccc3F)nc(NCC3(N)CC3)nc21. The van der Waals surface area contributed by atoms with E-state index in [1.54, 1.807) is 17.9 Å². The quantitative estimate of drug-likeness (QED) is 0.657. The highest BCUT2D eigenvalue weighted by molar-refractivity contribution is 5.89. The lowest BCUT2D eigenvalue weighted by Gasteiger charge is -2.13. The van der Waals surface area contributed by atoms with E-state index < -0.39 is 11.6 Å². The van der Waals surface area contributed by atoms with Crippen molar-refractivity contribution in [2.24, 2.45) is 12.8 Å². The molecule has 0 atom stereocenters. The van der Waals surface area contributed by atoms with Crippen LogP contribution in [0.15, 0.2) is 24.4 Å². The minimum atomic E-state index is -0.578. The van der Waals surface area contributed by atoms with E-state index in [1.807, 2.05) is 0 Å². The molecule has 0 spiro atoms. The molecule has 1 aromatic carbocycles. The van der Waals surface area contributed by atoms with Gasteiger partial charge in [0.05, 0.1) is 17.3 Å². The molecular weight excluding hydrogens is 328 g/mol. The third-order valence-corrected chi connectivity index (χ3v) is 4.26. The Morgan fingerprint density at radius 1 is 1.28 bits per heavy atom. The highest BCUT2D eigenvalue weighted by atomic mass is 19.1. The van der Waals surface area contributed by atoms with Crippen LogP contribution < -0.4 is 16.4 Å². The first-order valence-corrected chi connectivity index (χ1v) is 7.88. The molecule has 3 aromatic rings. The summed E-state index contributed by atoms with van der Waals surface area (Å²) in [4.78, 5) is 8.80. The highest BCUT2D eigenvalue weighted by Gasteiger charge is 2.38. The summed E-state index contributed by atoms with van der Waals surface area (Å²) in [6, 6.07) is 3.19. The van der Waals surface area contributed by atoms with E-state index in [-0.39, 0.29) is 11.2 Å². The van der Waals surface area contributed by atoms with Gasteiger partial charge < -0.3 is 16.4 Å². The van der Waals surface area contributed by atoms with E-state index in [2.05, 4.69) is 25.7 Å². The Morgan fingerprint density at radius 2 is 2.08 bits per heavy atom. The average molecular weight is 345 g/mol. The second-order valence-electron chi connectivity index (χ2n) is 6.37. The Morgan fingerprint density at radius 3 is 2.84 bits per heavy atom. The zero-order valence-corrected chi connectivity index (χ0v) is 13.6. The summed E-state index contributed by atoms with van der Waals surface area (Å²) < 4.78 is 29.0. The van der Waals surface area contributed by atoms with Crippen molar-refractivity contribution in [3.05, 3.63) is 36.0 Å². The van der Waals surface area contributed by atoms with Crippen molar-refractivity contribution in [1.82, 2.24) is 19.7 Å². The van der Waals surface area contributed by atoms with Crippen molar-refractivity contribution in [2.45, 2.75) is 18.4 Å². The Hall–Kier alpha value is -2.81. The Kier molecular flexibility index (Phi) is 3.53. The van der Waals surface area contributed by atoms with E-state index in [9.17, 15) is 8.78 Å². The van der Waals surface area contributed by atoms with Gasteiger partial charge in [-0.25, -0.2) is 8.78 Å². The van der Waals surface area contributed by atoms with Gasteiger partial charge in [0.2, 0.25) is 5.95 Å². The zero-order valence-electron chi connectivity index (χ0n) is 13.6. The molecular formula is C16H17F2N7. The van der Waals surface area contributed by atoms with Gasteiger partial charge in [0, 0.05) is 25.2 Å². The fraction of sp³-hybridized carbons (Fsp3) is 0.312. The molecule has 0 radical (unpaired) electrons. The van der Waals surface area contributed by atoms with Crippen LogP contribution in [0.2, 0.25) is 0 Å². The first-order chi connectivity index (χ1) is 11.9. The summed E-state index contributed by atoms with van der Waals surface area (Å²) in [6.07, 6.45) is 3.48. The molecule has 2 aromatic heterocycles. The molecule has 1 aliphatic rings. The van der Waals surface area contributed by atoms with Crippen LogP contribution in [0.3, 0.4) is 0 Å². The van der Waals surface area contributed by atoms with Gasteiger partial charge in [0.25, 0.3) is 0 Å². The molecule has 4 N–H and O–H groups in total. The Balaban J connectivity index is 1.71. The first-order valence-electron chi connectivity index (χ1n) is 7.88. The minimum Gasteiger partial charge on any atom is -0.352 e. The lowest BCUT2D eigenvalue weighted by molar-refractivity contribution is 0.603. The lowest BCUT2D eigenvalue weighted by atomic mass is 10.3. The average Bonchev–Trinajstić information content (AvgIpc) is 3.21. The Labute approximate surface area is 142 Å². The molecule has 4 rings (SSSR count). The monoisotopic (exact) mass is 345 g/mol. The van der Waals surface area contributed by atoms with Gasteiger partial charge >= 0.3 is 0 Å².